The molecule has 0 aliphatic carbocycles. The average Bonchev–Trinajstić information content (AvgIpc) is 3.10. The summed E-state index contributed by atoms with van der Waals surface area (Å²) in [7, 11) is -3.54. The monoisotopic (exact) mass is 352 g/mol. The zero-order chi connectivity index (χ0) is 17.0. The zero-order valence-corrected chi connectivity index (χ0v) is 14.2. The lowest BCUT2D eigenvalue weighted by Crippen LogP contribution is -2.41. The second kappa shape index (κ2) is 7.34. The van der Waals surface area contributed by atoms with Gasteiger partial charge in [0.2, 0.25) is 10.0 Å². The van der Waals surface area contributed by atoms with E-state index in [1.165, 1.54) is 11.0 Å². The fourth-order valence-corrected chi connectivity index (χ4v) is 3.68. The van der Waals surface area contributed by atoms with Crippen molar-refractivity contribution in [3.05, 3.63) is 30.1 Å². The SMILES string of the molecule is Cc1cc(S(=O)(=O)NCCN2CCOCC2)ccc1-n1cnnn1. The van der Waals surface area contributed by atoms with Crippen molar-refractivity contribution in [1.82, 2.24) is 29.8 Å². The van der Waals surface area contributed by atoms with E-state index in [-0.39, 0.29) is 4.90 Å². The number of rotatable bonds is 6. The van der Waals surface area contributed by atoms with Gasteiger partial charge in [-0.1, -0.05) is 0 Å². The fraction of sp³-hybridized carbons (Fsp3) is 0.500. The molecule has 0 radical (unpaired) electrons. The van der Waals surface area contributed by atoms with Crippen LogP contribution in [0.3, 0.4) is 0 Å². The topological polar surface area (TPSA) is 102 Å². The number of tetrazole rings is 1. The van der Waals surface area contributed by atoms with E-state index in [0.29, 0.717) is 26.3 Å². The molecule has 1 aliphatic rings. The highest BCUT2D eigenvalue weighted by Gasteiger charge is 2.17. The summed E-state index contributed by atoms with van der Waals surface area (Å²) in [6.07, 6.45) is 1.47. The van der Waals surface area contributed by atoms with Crippen molar-refractivity contribution in [2.45, 2.75) is 11.8 Å². The Balaban J connectivity index is 1.64. The number of sulfonamides is 1. The van der Waals surface area contributed by atoms with Gasteiger partial charge in [0.1, 0.15) is 6.33 Å². The van der Waals surface area contributed by atoms with Crippen molar-refractivity contribution in [2.75, 3.05) is 39.4 Å². The van der Waals surface area contributed by atoms with Crippen molar-refractivity contribution in [3.8, 4) is 5.69 Å². The molecule has 1 aromatic heterocycles. The minimum Gasteiger partial charge on any atom is -0.379 e. The van der Waals surface area contributed by atoms with Crippen LogP contribution in [-0.2, 0) is 14.8 Å². The van der Waals surface area contributed by atoms with Crippen molar-refractivity contribution in [1.29, 1.82) is 0 Å². The molecule has 10 heteroatoms. The number of morpholine rings is 1. The normalized spacial score (nSPS) is 16.4. The Bertz CT molecular complexity index is 772. The third-order valence-corrected chi connectivity index (χ3v) is 5.36. The van der Waals surface area contributed by atoms with Gasteiger partial charge in [-0.3, -0.25) is 4.90 Å². The zero-order valence-electron chi connectivity index (χ0n) is 13.4. The molecule has 0 spiro atoms. The van der Waals surface area contributed by atoms with E-state index in [2.05, 4.69) is 25.1 Å². The molecule has 1 aliphatic heterocycles. The number of nitrogens with zero attached hydrogens (tertiary/aromatic N) is 5. The molecule has 2 aromatic rings. The van der Waals surface area contributed by atoms with Crippen molar-refractivity contribution >= 4 is 10.0 Å². The van der Waals surface area contributed by atoms with E-state index in [1.54, 1.807) is 18.2 Å². The average molecular weight is 352 g/mol. The smallest absolute Gasteiger partial charge is 0.240 e. The number of hydrogen-bond acceptors (Lipinski definition) is 7. The van der Waals surface area contributed by atoms with E-state index in [4.69, 9.17) is 4.74 Å². The Morgan fingerprint density at radius 1 is 1.29 bits per heavy atom. The lowest BCUT2D eigenvalue weighted by Gasteiger charge is -2.26. The fourth-order valence-electron chi connectivity index (χ4n) is 2.57. The Hall–Kier alpha value is -1.88. The third kappa shape index (κ3) is 3.96. The first-order chi connectivity index (χ1) is 11.6. The van der Waals surface area contributed by atoms with Gasteiger partial charge in [0, 0.05) is 26.2 Å². The molecule has 1 fully saturated rings. The molecule has 24 heavy (non-hydrogen) atoms. The molecular formula is C14H20N6O3S. The molecule has 1 saturated heterocycles. The maximum atomic E-state index is 12.4. The van der Waals surface area contributed by atoms with Crippen molar-refractivity contribution in [3.63, 3.8) is 0 Å². The summed E-state index contributed by atoms with van der Waals surface area (Å²) in [5.41, 5.74) is 1.52. The molecule has 130 valence electrons. The summed E-state index contributed by atoms with van der Waals surface area (Å²) in [5, 5.41) is 11.0. The van der Waals surface area contributed by atoms with E-state index in [0.717, 1.165) is 24.3 Å². The van der Waals surface area contributed by atoms with Crippen LogP contribution in [0.15, 0.2) is 29.4 Å². The lowest BCUT2D eigenvalue weighted by atomic mass is 10.2. The lowest BCUT2D eigenvalue weighted by molar-refractivity contribution is 0.0390. The Kier molecular flexibility index (Phi) is 5.19. The molecular weight excluding hydrogens is 332 g/mol. The van der Waals surface area contributed by atoms with Gasteiger partial charge in [-0.15, -0.1) is 5.10 Å². The molecule has 0 saturated carbocycles. The molecule has 1 N–H and O–H groups in total. The number of benzene rings is 1. The van der Waals surface area contributed by atoms with Gasteiger partial charge in [-0.2, -0.15) is 0 Å². The molecule has 0 unspecified atom stereocenters. The quantitative estimate of drug-likeness (QED) is 0.753. The number of ether oxygens (including phenoxy) is 1. The minimum atomic E-state index is -3.54. The van der Waals surface area contributed by atoms with Gasteiger partial charge >= 0.3 is 0 Å². The molecule has 1 aromatic carbocycles. The Morgan fingerprint density at radius 3 is 2.75 bits per heavy atom. The maximum Gasteiger partial charge on any atom is 0.240 e. The highest BCUT2D eigenvalue weighted by atomic mass is 32.2. The van der Waals surface area contributed by atoms with Crippen LogP contribution in [0.25, 0.3) is 5.69 Å². The molecule has 3 rings (SSSR count). The van der Waals surface area contributed by atoms with E-state index in [1.807, 2.05) is 6.92 Å². The van der Waals surface area contributed by atoms with Crippen LogP contribution < -0.4 is 4.72 Å². The predicted molar refractivity (Wildman–Crippen MR) is 86.3 cm³/mol. The van der Waals surface area contributed by atoms with E-state index in [9.17, 15) is 8.42 Å². The summed E-state index contributed by atoms with van der Waals surface area (Å²) < 4.78 is 34.3. The van der Waals surface area contributed by atoms with Crippen LogP contribution in [0.1, 0.15) is 5.56 Å². The van der Waals surface area contributed by atoms with Crippen LogP contribution in [0.4, 0.5) is 0 Å². The van der Waals surface area contributed by atoms with Crippen LogP contribution in [0, 0.1) is 6.92 Å². The third-order valence-electron chi connectivity index (χ3n) is 3.90. The summed E-state index contributed by atoms with van der Waals surface area (Å²) in [6, 6.07) is 4.87. The predicted octanol–water partition coefficient (Wildman–Crippen LogP) is -0.419. The Labute approximate surface area is 140 Å². The maximum absolute atomic E-state index is 12.4. The summed E-state index contributed by atoms with van der Waals surface area (Å²) in [6.45, 7) is 5.93. The molecule has 2 heterocycles. The van der Waals surface area contributed by atoms with E-state index < -0.39 is 10.0 Å². The summed E-state index contributed by atoms with van der Waals surface area (Å²) in [4.78, 5) is 2.41. The highest BCUT2D eigenvalue weighted by Crippen LogP contribution is 2.17. The molecule has 0 amide bonds. The Morgan fingerprint density at radius 2 is 2.08 bits per heavy atom. The molecule has 0 bridgehead atoms. The number of nitrogens with one attached hydrogen (secondary N) is 1. The van der Waals surface area contributed by atoms with Gasteiger partial charge in [0.05, 0.1) is 23.8 Å². The standard InChI is InChI=1S/C14H20N6O3S/c1-12-10-13(2-3-14(12)20-11-15-17-18-20)24(21,22)16-4-5-19-6-8-23-9-7-19/h2-3,10-11,16H,4-9H2,1H3. The number of aryl methyl sites for hydroxylation is 1. The summed E-state index contributed by atoms with van der Waals surface area (Å²) in [5.74, 6) is 0. The van der Waals surface area contributed by atoms with E-state index >= 15 is 0 Å². The van der Waals surface area contributed by atoms with Crippen LogP contribution in [-0.4, -0.2) is 72.9 Å². The summed E-state index contributed by atoms with van der Waals surface area (Å²) >= 11 is 0. The number of aromatic nitrogens is 4. The van der Waals surface area contributed by atoms with Crippen LogP contribution in [0.2, 0.25) is 0 Å². The first-order valence-corrected chi connectivity index (χ1v) is 9.18. The van der Waals surface area contributed by atoms with Crippen molar-refractivity contribution < 1.29 is 13.2 Å². The van der Waals surface area contributed by atoms with Gasteiger partial charge in [0.15, 0.2) is 0 Å². The number of hydrogen-bond donors (Lipinski definition) is 1. The second-order valence-electron chi connectivity index (χ2n) is 5.55. The van der Waals surface area contributed by atoms with Crippen LogP contribution in [0.5, 0.6) is 0 Å². The first-order valence-electron chi connectivity index (χ1n) is 7.70. The van der Waals surface area contributed by atoms with Gasteiger partial charge in [-0.25, -0.2) is 17.8 Å². The largest absolute Gasteiger partial charge is 0.379 e. The molecule has 9 nitrogen and oxygen atoms in total. The first kappa shape index (κ1) is 17.0. The van der Waals surface area contributed by atoms with Gasteiger partial charge in [0.25, 0.3) is 0 Å². The highest BCUT2D eigenvalue weighted by molar-refractivity contribution is 7.89. The van der Waals surface area contributed by atoms with Crippen molar-refractivity contribution in [2.24, 2.45) is 0 Å². The minimum absolute atomic E-state index is 0.235. The van der Waals surface area contributed by atoms with Gasteiger partial charge < -0.3 is 4.74 Å². The van der Waals surface area contributed by atoms with Crippen LogP contribution >= 0.6 is 0 Å². The molecule has 0 atom stereocenters. The second-order valence-corrected chi connectivity index (χ2v) is 7.32. The van der Waals surface area contributed by atoms with Gasteiger partial charge in [-0.05, 0) is 41.1 Å².